The summed E-state index contributed by atoms with van der Waals surface area (Å²) in [6.45, 7) is 8.59. The zero-order valence-corrected chi connectivity index (χ0v) is 13.8. The van der Waals surface area contributed by atoms with Gasteiger partial charge in [-0.1, -0.05) is 31.2 Å². The number of nitrogens with one attached hydrogen (secondary N) is 1. The summed E-state index contributed by atoms with van der Waals surface area (Å²) in [5, 5.41) is 0.686. The monoisotopic (exact) mass is 307 g/mol. The lowest BCUT2D eigenvalue weighted by atomic mass is 9.99. The number of carbonyl (C=O) groups excluding carboxylic acids is 1. The van der Waals surface area contributed by atoms with Crippen molar-refractivity contribution in [3.8, 4) is 0 Å². The molecule has 21 heavy (non-hydrogen) atoms. The minimum atomic E-state index is -0.214. The Labute approximate surface area is 131 Å². The smallest absolute Gasteiger partial charge is 0.241 e. The molecule has 0 aliphatic carbocycles. The van der Waals surface area contributed by atoms with Gasteiger partial charge in [-0.3, -0.25) is 15.1 Å². The molecule has 3 atom stereocenters. The molecule has 3 N–H and O–H groups in total. The van der Waals surface area contributed by atoms with Crippen LogP contribution < -0.4 is 11.3 Å². The molecule has 1 amide bonds. The summed E-state index contributed by atoms with van der Waals surface area (Å²) >= 11 is 2.05. The highest BCUT2D eigenvalue weighted by Crippen LogP contribution is 2.26. The standard InChI is InChI=1S/C16H25N3OS/c1-11(16(20)18-17)15-6-4-14(5-7-15)10-19-8-9-21-13(3)12(19)2/h4-7,11-13H,8-10,17H2,1-3H3,(H,18,20). The highest BCUT2D eigenvalue weighted by molar-refractivity contribution is 8.00. The second kappa shape index (κ2) is 7.29. The summed E-state index contributed by atoms with van der Waals surface area (Å²) < 4.78 is 0. The molecular weight excluding hydrogens is 282 g/mol. The molecule has 1 aliphatic heterocycles. The Balaban J connectivity index is 2.01. The van der Waals surface area contributed by atoms with Gasteiger partial charge in [-0.15, -0.1) is 0 Å². The lowest BCUT2D eigenvalue weighted by molar-refractivity contribution is -0.122. The third-order valence-corrected chi connectivity index (χ3v) is 5.75. The van der Waals surface area contributed by atoms with E-state index in [-0.39, 0.29) is 11.8 Å². The molecule has 0 spiro atoms. The van der Waals surface area contributed by atoms with Crippen LogP contribution in [0.3, 0.4) is 0 Å². The first-order chi connectivity index (χ1) is 10.0. The van der Waals surface area contributed by atoms with E-state index in [1.165, 1.54) is 11.3 Å². The first-order valence-electron chi connectivity index (χ1n) is 7.48. The average molecular weight is 307 g/mol. The number of nitrogens with two attached hydrogens (primary N) is 1. The van der Waals surface area contributed by atoms with Crippen LogP contribution in [-0.2, 0) is 11.3 Å². The minimum absolute atomic E-state index is 0.154. The molecule has 0 saturated carbocycles. The van der Waals surface area contributed by atoms with Gasteiger partial charge in [-0.05, 0) is 25.0 Å². The first kappa shape index (κ1) is 16.3. The van der Waals surface area contributed by atoms with Gasteiger partial charge in [0.25, 0.3) is 0 Å². The minimum Gasteiger partial charge on any atom is -0.295 e. The van der Waals surface area contributed by atoms with Crippen LogP contribution in [-0.4, -0.2) is 34.4 Å². The van der Waals surface area contributed by atoms with Crippen LogP contribution in [0.1, 0.15) is 37.8 Å². The molecule has 0 aromatic heterocycles. The molecule has 1 aliphatic rings. The summed E-state index contributed by atoms with van der Waals surface area (Å²) in [4.78, 5) is 14.1. The van der Waals surface area contributed by atoms with Gasteiger partial charge in [0.2, 0.25) is 5.91 Å². The van der Waals surface area contributed by atoms with E-state index in [2.05, 4.69) is 48.1 Å². The summed E-state index contributed by atoms with van der Waals surface area (Å²) in [5.41, 5.74) is 4.50. The van der Waals surface area contributed by atoms with E-state index in [4.69, 9.17) is 5.84 Å². The normalized spacial score (nSPS) is 24.6. The van der Waals surface area contributed by atoms with E-state index in [0.29, 0.717) is 11.3 Å². The molecule has 1 saturated heterocycles. The molecule has 2 rings (SSSR count). The Morgan fingerprint density at radius 1 is 1.43 bits per heavy atom. The van der Waals surface area contributed by atoms with E-state index in [9.17, 15) is 4.79 Å². The van der Waals surface area contributed by atoms with Crippen LogP contribution in [0.4, 0.5) is 0 Å². The number of hydrogen-bond acceptors (Lipinski definition) is 4. The van der Waals surface area contributed by atoms with Crippen LogP contribution in [0.15, 0.2) is 24.3 Å². The van der Waals surface area contributed by atoms with Crippen molar-refractivity contribution in [2.75, 3.05) is 12.3 Å². The second-order valence-corrected chi connectivity index (χ2v) is 7.24. The molecule has 0 bridgehead atoms. The zero-order chi connectivity index (χ0) is 15.4. The summed E-state index contributed by atoms with van der Waals surface area (Å²) in [5.74, 6) is 6.02. The van der Waals surface area contributed by atoms with Crippen molar-refractivity contribution in [2.24, 2.45) is 5.84 Å². The van der Waals surface area contributed by atoms with Crippen molar-refractivity contribution in [3.05, 3.63) is 35.4 Å². The quantitative estimate of drug-likeness (QED) is 0.508. The molecule has 1 aromatic rings. The Morgan fingerprint density at radius 3 is 2.71 bits per heavy atom. The average Bonchev–Trinajstić information content (AvgIpc) is 2.51. The second-order valence-electron chi connectivity index (χ2n) is 5.76. The number of carbonyl (C=O) groups is 1. The van der Waals surface area contributed by atoms with Gasteiger partial charge in [-0.25, -0.2) is 5.84 Å². The SMILES string of the molecule is CC(C(=O)NN)c1ccc(CN2CCSC(C)C2C)cc1. The summed E-state index contributed by atoms with van der Waals surface area (Å²) in [6.07, 6.45) is 0. The Kier molecular flexibility index (Phi) is 5.67. The van der Waals surface area contributed by atoms with Gasteiger partial charge >= 0.3 is 0 Å². The van der Waals surface area contributed by atoms with E-state index in [1.54, 1.807) is 0 Å². The van der Waals surface area contributed by atoms with Crippen molar-refractivity contribution < 1.29 is 4.79 Å². The molecule has 0 radical (unpaired) electrons. The predicted molar refractivity (Wildman–Crippen MR) is 89.0 cm³/mol. The van der Waals surface area contributed by atoms with Crippen molar-refractivity contribution in [3.63, 3.8) is 0 Å². The molecule has 116 valence electrons. The number of nitrogens with zero attached hydrogens (tertiary/aromatic N) is 1. The highest BCUT2D eigenvalue weighted by Gasteiger charge is 2.25. The number of hydrazine groups is 1. The third-order valence-electron chi connectivity index (χ3n) is 4.42. The topological polar surface area (TPSA) is 58.4 Å². The Bertz CT molecular complexity index is 477. The molecule has 1 fully saturated rings. The summed E-state index contributed by atoms with van der Waals surface area (Å²) in [6, 6.07) is 8.90. The fourth-order valence-corrected chi connectivity index (χ4v) is 3.80. The highest BCUT2D eigenvalue weighted by atomic mass is 32.2. The van der Waals surface area contributed by atoms with Gasteiger partial charge in [-0.2, -0.15) is 11.8 Å². The maximum atomic E-state index is 11.5. The van der Waals surface area contributed by atoms with E-state index in [0.717, 1.165) is 18.7 Å². The van der Waals surface area contributed by atoms with Crippen molar-refractivity contribution in [2.45, 2.75) is 44.5 Å². The Morgan fingerprint density at radius 2 is 2.10 bits per heavy atom. The molecule has 1 heterocycles. The van der Waals surface area contributed by atoms with Gasteiger partial charge < -0.3 is 0 Å². The van der Waals surface area contributed by atoms with Gasteiger partial charge in [0.15, 0.2) is 0 Å². The zero-order valence-electron chi connectivity index (χ0n) is 13.0. The van der Waals surface area contributed by atoms with Gasteiger partial charge in [0, 0.05) is 30.1 Å². The maximum Gasteiger partial charge on any atom is 0.241 e. The molecule has 5 heteroatoms. The van der Waals surface area contributed by atoms with Crippen LogP contribution in [0.25, 0.3) is 0 Å². The number of amides is 1. The lowest BCUT2D eigenvalue weighted by Crippen LogP contribution is -2.43. The maximum absolute atomic E-state index is 11.5. The van der Waals surface area contributed by atoms with Gasteiger partial charge in [0.1, 0.15) is 0 Å². The number of benzene rings is 1. The Hall–Kier alpha value is -1.04. The largest absolute Gasteiger partial charge is 0.295 e. The molecule has 3 unspecified atom stereocenters. The van der Waals surface area contributed by atoms with Crippen LogP contribution in [0.2, 0.25) is 0 Å². The molecular formula is C16H25N3OS. The third kappa shape index (κ3) is 3.99. The van der Waals surface area contributed by atoms with Crippen molar-refractivity contribution in [1.82, 2.24) is 10.3 Å². The van der Waals surface area contributed by atoms with Crippen LogP contribution in [0, 0.1) is 0 Å². The lowest BCUT2D eigenvalue weighted by Gasteiger charge is -2.37. The number of rotatable bonds is 4. The number of hydrogen-bond donors (Lipinski definition) is 2. The van der Waals surface area contributed by atoms with E-state index in [1.807, 2.05) is 19.1 Å². The molecule has 4 nitrogen and oxygen atoms in total. The fraction of sp³-hybridized carbons (Fsp3) is 0.562. The van der Waals surface area contributed by atoms with Crippen LogP contribution >= 0.6 is 11.8 Å². The summed E-state index contributed by atoms with van der Waals surface area (Å²) in [7, 11) is 0. The van der Waals surface area contributed by atoms with E-state index >= 15 is 0 Å². The van der Waals surface area contributed by atoms with Crippen molar-refractivity contribution in [1.29, 1.82) is 0 Å². The van der Waals surface area contributed by atoms with Crippen LogP contribution in [0.5, 0.6) is 0 Å². The van der Waals surface area contributed by atoms with Gasteiger partial charge in [0.05, 0.1) is 5.92 Å². The predicted octanol–water partition coefficient (Wildman–Crippen LogP) is 2.11. The number of thioether (sulfide) groups is 1. The molecule has 1 aromatic carbocycles. The van der Waals surface area contributed by atoms with Crippen molar-refractivity contribution >= 4 is 17.7 Å². The fourth-order valence-electron chi connectivity index (χ4n) is 2.64. The van der Waals surface area contributed by atoms with E-state index < -0.39 is 0 Å². The first-order valence-corrected chi connectivity index (χ1v) is 8.52.